The summed E-state index contributed by atoms with van der Waals surface area (Å²) in [7, 11) is 0. The molecule has 0 bridgehead atoms. The molecule has 4 nitrogen and oxygen atoms in total. The summed E-state index contributed by atoms with van der Waals surface area (Å²) >= 11 is 0. The van der Waals surface area contributed by atoms with Crippen LogP contribution in [0, 0.1) is 5.82 Å². The number of para-hydroxylation sites is 2. The standard InChI is InChI=1S/C22H25FN2O2/c23-20-6-2-4-8-22(20)27-15-17(26)14-25-11-9-16(10-12-25)19-13-24-21-7-3-1-5-18(19)21/h1-8,13,16-17,24,26H,9-12,14-15H2. The van der Waals surface area contributed by atoms with Crippen molar-refractivity contribution in [3.63, 3.8) is 0 Å². The van der Waals surface area contributed by atoms with Crippen LogP contribution in [-0.4, -0.2) is 47.3 Å². The highest BCUT2D eigenvalue weighted by Crippen LogP contribution is 2.33. The molecule has 3 aromatic rings. The maximum Gasteiger partial charge on any atom is 0.165 e. The van der Waals surface area contributed by atoms with Crippen molar-refractivity contribution in [3.8, 4) is 5.75 Å². The highest BCUT2D eigenvalue weighted by atomic mass is 19.1. The molecule has 1 fully saturated rings. The number of fused-ring (bicyclic) bond motifs is 1. The normalized spacial score (nSPS) is 17.3. The van der Waals surface area contributed by atoms with Gasteiger partial charge >= 0.3 is 0 Å². The number of likely N-dealkylation sites (tertiary alicyclic amines) is 1. The molecule has 1 aromatic heterocycles. The Labute approximate surface area is 158 Å². The number of piperidine rings is 1. The Hall–Kier alpha value is -2.37. The van der Waals surface area contributed by atoms with Gasteiger partial charge in [0.05, 0.1) is 0 Å². The van der Waals surface area contributed by atoms with Crippen LogP contribution in [0.1, 0.15) is 24.3 Å². The number of aromatic nitrogens is 1. The maximum absolute atomic E-state index is 13.6. The third kappa shape index (κ3) is 4.15. The van der Waals surface area contributed by atoms with E-state index in [9.17, 15) is 9.50 Å². The van der Waals surface area contributed by atoms with E-state index in [1.807, 2.05) is 0 Å². The first-order valence-electron chi connectivity index (χ1n) is 9.54. The third-order valence-electron chi connectivity index (χ3n) is 5.39. The van der Waals surface area contributed by atoms with Crippen LogP contribution < -0.4 is 4.74 Å². The van der Waals surface area contributed by atoms with Gasteiger partial charge in [-0.05, 0) is 55.6 Å². The molecular formula is C22H25FN2O2. The van der Waals surface area contributed by atoms with Crippen molar-refractivity contribution < 1.29 is 14.2 Å². The molecule has 0 radical (unpaired) electrons. The number of nitrogens with one attached hydrogen (secondary N) is 1. The minimum Gasteiger partial charge on any atom is -0.488 e. The summed E-state index contributed by atoms with van der Waals surface area (Å²) in [6, 6.07) is 14.7. The second-order valence-corrected chi connectivity index (χ2v) is 7.26. The van der Waals surface area contributed by atoms with E-state index < -0.39 is 11.9 Å². The maximum atomic E-state index is 13.6. The number of halogens is 1. The molecule has 27 heavy (non-hydrogen) atoms. The Morgan fingerprint density at radius 3 is 2.67 bits per heavy atom. The molecule has 0 saturated carbocycles. The third-order valence-corrected chi connectivity index (χ3v) is 5.39. The van der Waals surface area contributed by atoms with Gasteiger partial charge < -0.3 is 19.7 Å². The van der Waals surface area contributed by atoms with Gasteiger partial charge in [0.2, 0.25) is 0 Å². The second kappa shape index (κ2) is 8.11. The number of aliphatic hydroxyl groups is 1. The molecule has 1 aliphatic heterocycles. The highest BCUT2D eigenvalue weighted by Gasteiger charge is 2.24. The lowest BCUT2D eigenvalue weighted by atomic mass is 9.89. The average molecular weight is 368 g/mol. The van der Waals surface area contributed by atoms with Crippen LogP contribution >= 0.6 is 0 Å². The number of rotatable bonds is 6. The summed E-state index contributed by atoms with van der Waals surface area (Å²) in [4.78, 5) is 5.63. The molecular weight excluding hydrogens is 343 g/mol. The smallest absolute Gasteiger partial charge is 0.165 e. The molecule has 0 amide bonds. The number of aromatic amines is 1. The fraction of sp³-hybridized carbons (Fsp3) is 0.364. The summed E-state index contributed by atoms with van der Waals surface area (Å²) in [5.41, 5.74) is 2.59. The van der Waals surface area contributed by atoms with Gasteiger partial charge in [0.1, 0.15) is 12.7 Å². The molecule has 2 N–H and O–H groups in total. The summed E-state index contributed by atoms with van der Waals surface area (Å²) < 4.78 is 19.0. The van der Waals surface area contributed by atoms with E-state index >= 15 is 0 Å². The lowest BCUT2D eigenvalue weighted by Gasteiger charge is -2.33. The van der Waals surface area contributed by atoms with Crippen molar-refractivity contribution in [2.75, 3.05) is 26.2 Å². The van der Waals surface area contributed by atoms with Crippen molar-refractivity contribution in [1.29, 1.82) is 0 Å². The molecule has 5 heteroatoms. The van der Waals surface area contributed by atoms with Crippen LogP contribution in [0.5, 0.6) is 5.75 Å². The van der Waals surface area contributed by atoms with Crippen LogP contribution in [0.15, 0.2) is 54.7 Å². The topological polar surface area (TPSA) is 48.5 Å². The predicted molar refractivity (Wildman–Crippen MR) is 105 cm³/mol. The van der Waals surface area contributed by atoms with Gasteiger partial charge in [-0.25, -0.2) is 4.39 Å². The number of aliphatic hydroxyl groups excluding tert-OH is 1. The SMILES string of the molecule is OC(COc1ccccc1F)CN1CCC(c2c[nH]c3ccccc23)CC1. The zero-order chi connectivity index (χ0) is 18.6. The summed E-state index contributed by atoms with van der Waals surface area (Å²) in [5.74, 6) is 0.336. The molecule has 142 valence electrons. The van der Waals surface area contributed by atoms with Gasteiger partial charge in [0.15, 0.2) is 11.6 Å². The van der Waals surface area contributed by atoms with Gasteiger partial charge in [-0.1, -0.05) is 30.3 Å². The first-order valence-corrected chi connectivity index (χ1v) is 9.54. The Balaban J connectivity index is 1.27. The molecule has 0 aliphatic carbocycles. The van der Waals surface area contributed by atoms with Crippen molar-refractivity contribution in [2.24, 2.45) is 0 Å². The van der Waals surface area contributed by atoms with Crippen molar-refractivity contribution >= 4 is 10.9 Å². The Morgan fingerprint density at radius 1 is 1.11 bits per heavy atom. The van der Waals surface area contributed by atoms with Crippen LogP contribution in [0.4, 0.5) is 4.39 Å². The predicted octanol–water partition coefficient (Wildman–Crippen LogP) is 3.93. The first kappa shape index (κ1) is 18.0. The van der Waals surface area contributed by atoms with Gasteiger partial charge in [-0.3, -0.25) is 0 Å². The second-order valence-electron chi connectivity index (χ2n) is 7.26. The summed E-state index contributed by atoms with van der Waals surface area (Å²) in [6.45, 7) is 2.54. The van der Waals surface area contributed by atoms with Crippen LogP contribution in [-0.2, 0) is 0 Å². The minimum absolute atomic E-state index is 0.101. The van der Waals surface area contributed by atoms with Crippen molar-refractivity contribution in [1.82, 2.24) is 9.88 Å². The van der Waals surface area contributed by atoms with Gasteiger partial charge in [0, 0.05) is 23.6 Å². The molecule has 0 spiro atoms. The Bertz CT molecular complexity index is 887. The van der Waals surface area contributed by atoms with E-state index in [2.05, 4.69) is 40.3 Å². The number of H-pyrrole nitrogens is 1. The average Bonchev–Trinajstić information content (AvgIpc) is 3.12. The fourth-order valence-corrected chi connectivity index (χ4v) is 3.96. The zero-order valence-electron chi connectivity index (χ0n) is 15.3. The van der Waals surface area contributed by atoms with E-state index in [0.29, 0.717) is 12.5 Å². The number of hydrogen-bond acceptors (Lipinski definition) is 3. The van der Waals surface area contributed by atoms with E-state index in [1.165, 1.54) is 22.5 Å². The zero-order valence-corrected chi connectivity index (χ0v) is 15.3. The van der Waals surface area contributed by atoms with Gasteiger partial charge in [-0.15, -0.1) is 0 Å². The molecule has 2 heterocycles. The van der Waals surface area contributed by atoms with Crippen LogP contribution in [0.3, 0.4) is 0 Å². The summed E-state index contributed by atoms with van der Waals surface area (Å²) in [5, 5.41) is 11.6. The quantitative estimate of drug-likeness (QED) is 0.693. The van der Waals surface area contributed by atoms with Gasteiger partial charge in [0.25, 0.3) is 0 Å². The number of hydrogen-bond donors (Lipinski definition) is 2. The highest BCUT2D eigenvalue weighted by molar-refractivity contribution is 5.83. The Kier molecular flexibility index (Phi) is 5.41. The number of benzene rings is 2. The van der Waals surface area contributed by atoms with E-state index in [4.69, 9.17) is 4.74 Å². The molecule has 1 aliphatic rings. The monoisotopic (exact) mass is 368 g/mol. The largest absolute Gasteiger partial charge is 0.488 e. The molecule has 1 saturated heterocycles. The fourth-order valence-electron chi connectivity index (χ4n) is 3.96. The molecule has 1 atom stereocenters. The van der Waals surface area contributed by atoms with Crippen LogP contribution in [0.25, 0.3) is 10.9 Å². The van der Waals surface area contributed by atoms with E-state index in [-0.39, 0.29) is 12.4 Å². The number of nitrogens with zero attached hydrogens (tertiary/aromatic N) is 1. The Morgan fingerprint density at radius 2 is 1.85 bits per heavy atom. The lowest BCUT2D eigenvalue weighted by molar-refractivity contribution is 0.0583. The lowest BCUT2D eigenvalue weighted by Crippen LogP contribution is -2.40. The van der Waals surface area contributed by atoms with E-state index in [1.54, 1.807) is 18.2 Å². The first-order chi connectivity index (χ1) is 13.2. The van der Waals surface area contributed by atoms with Crippen molar-refractivity contribution in [2.45, 2.75) is 24.9 Å². The molecule has 2 aromatic carbocycles. The minimum atomic E-state index is -0.630. The van der Waals surface area contributed by atoms with Crippen LogP contribution in [0.2, 0.25) is 0 Å². The molecule has 1 unspecified atom stereocenters. The number of β-amino-alcohol motifs (C(OH)–C–C–N with tert-alkyl or cyclic N) is 1. The van der Waals surface area contributed by atoms with Gasteiger partial charge in [-0.2, -0.15) is 0 Å². The van der Waals surface area contributed by atoms with E-state index in [0.717, 1.165) is 25.9 Å². The number of ether oxygens (including phenoxy) is 1. The summed E-state index contributed by atoms with van der Waals surface area (Å²) in [6.07, 6.45) is 3.65. The molecule has 4 rings (SSSR count). The van der Waals surface area contributed by atoms with Crippen molar-refractivity contribution in [3.05, 3.63) is 66.1 Å².